The Balaban J connectivity index is 1.91. The summed E-state index contributed by atoms with van der Waals surface area (Å²) in [4.78, 5) is 16.6. The molecule has 3 rings (SSSR count). The average molecular weight is 412 g/mol. The summed E-state index contributed by atoms with van der Waals surface area (Å²) in [5, 5.41) is 3.63. The lowest BCUT2D eigenvalue weighted by Gasteiger charge is -2.16. The summed E-state index contributed by atoms with van der Waals surface area (Å²) in [6, 6.07) is 10.3. The van der Waals surface area contributed by atoms with Gasteiger partial charge in [0.2, 0.25) is 0 Å². The van der Waals surface area contributed by atoms with E-state index in [-0.39, 0.29) is 15.6 Å². The summed E-state index contributed by atoms with van der Waals surface area (Å²) in [6.45, 7) is 1.69. The highest BCUT2D eigenvalue weighted by Crippen LogP contribution is 2.41. The number of carbonyl (C=O) groups excluding carboxylic acids is 1. The predicted molar refractivity (Wildman–Crippen MR) is 96.9 cm³/mol. The van der Waals surface area contributed by atoms with E-state index in [0.29, 0.717) is 5.69 Å². The molecule has 0 saturated heterocycles. The first-order chi connectivity index (χ1) is 12.8. The molecule has 3 aromatic rings. The summed E-state index contributed by atoms with van der Waals surface area (Å²) in [6.07, 6.45) is -1.79. The second-order valence-corrected chi connectivity index (χ2v) is 7.30. The Morgan fingerprint density at radius 3 is 2.59 bits per heavy atom. The molecule has 0 amide bonds. The number of hydrogen-bond donors (Lipinski definition) is 0. The number of carbonyl (C=O) groups is 1. The molecule has 0 N–H and O–H groups in total. The van der Waals surface area contributed by atoms with Gasteiger partial charge < -0.3 is 0 Å². The quantitative estimate of drug-likeness (QED) is 0.532. The highest BCUT2D eigenvalue weighted by molar-refractivity contribution is 7.99. The smallest absolute Gasteiger partial charge is 0.267 e. The molecule has 1 unspecified atom stereocenters. The SMILES string of the molecule is CC(Sc1ncccc1C(F)(F)F)c1ccnn1C(=O)c1ccccc1Cl. The molecule has 4 nitrogen and oxygen atoms in total. The fourth-order valence-electron chi connectivity index (χ4n) is 2.47. The lowest BCUT2D eigenvalue weighted by atomic mass is 10.2. The molecule has 0 radical (unpaired) electrons. The van der Waals surface area contributed by atoms with Crippen LogP contribution >= 0.6 is 23.4 Å². The summed E-state index contributed by atoms with van der Waals surface area (Å²) in [7, 11) is 0. The van der Waals surface area contributed by atoms with Crippen LogP contribution in [0.15, 0.2) is 59.9 Å². The Morgan fingerprint density at radius 2 is 1.89 bits per heavy atom. The number of rotatable bonds is 4. The Morgan fingerprint density at radius 1 is 1.15 bits per heavy atom. The molecule has 140 valence electrons. The van der Waals surface area contributed by atoms with Gasteiger partial charge in [-0.15, -0.1) is 0 Å². The number of hydrogen-bond acceptors (Lipinski definition) is 4. The van der Waals surface area contributed by atoms with Crippen LogP contribution in [0.4, 0.5) is 13.2 Å². The van der Waals surface area contributed by atoms with Gasteiger partial charge in [-0.25, -0.2) is 4.98 Å². The molecule has 0 aliphatic heterocycles. The van der Waals surface area contributed by atoms with Gasteiger partial charge in [0.25, 0.3) is 5.91 Å². The van der Waals surface area contributed by atoms with E-state index in [4.69, 9.17) is 11.6 Å². The Bertz CT molecular complexity index is 974. The number of benzene rings is 1. The fraction of sp³-hybridized carbons (Fsp3) is 0.167. The van der Waals surface area contributed by atoms with Crippen molar-refractivity contribution in [3.05, 3.63) is 76.7 Å². The van der Waals surface area contributed by atoms with Crippen LogP contribution in [0.3, 0.4) is 0 Å². The minimum Gasteiger partial charge on any atom is -0.267 e. The normalized spacial score (nSPS) is 12.8. The van der Waals surface area contributed by atoms with Crippen molar-refractivity contribution in [3.63, 3.8) is 0 Å². The van der Waals surface area contributed by atoms with Crippen molar-refractivity contribution < 1.29 is 18.0 Å². The zero-order valence-electron chi connectivity index (χ0n) is 13.9. The van der Waals surface area contributed by atoms with Crippen molar-refractivity contribution in [1.29, 1.82) is 0 Å². The molecular formula is C18H13ClF3N3OS. The van der Waals surface area contributed by atoms with Gasteiger partial charge in [0, 0.05) is 12.4 Å². The third-order valence-corrected chi connectivity index (χ3v) is 5.22. The second-order valence-electron chi connectivity index (χ2n) is 5.57. The summed E-state index contributed by atoms with van der Waals surface area (Å²) >= 11 is 6.98. The van der Waals surface area contributed by atoms with Gasteiger partial charge in [0.1, 0.15) is 5.03 Å². The lowest BCUT2D eigenvalue weighted by Crippen LogP contribution is -2.18. The monoisotopic (exact) mass is 411 g/mol. The molecule has 2 aromatic heterocycles. The van der Waals surface area contributed by atoms with Crippen LogP contribution in [-0.4, -0.2) is 20.7 Å². The fourth-order valence-corrected chi connectivity index (χ4v) is 3.75. The summed E-state index contributed by atoms with van der Waals surface area (Å²) < 4.78 is 40.7. The highest BCUT2D eigenvalue weighted by Gasteiger charge is 2.35. The third-order valence-electron chi connectivity index (χ3n) is 3.75. The zero-order chi connectivity index (χ0) is 19.6. The first-order valence-corrected chi connectivity index (χ1v) is 9.07. The van der Waals surface area contributed by atoms with Crippen molar-refractivity contribution in [2.24, 2.45) is 0 Å². The standard InChI is InChI=1S/C18H13ClF3N3OS/c1-11(27-16-13(18(20,21)22)6-4-9-23-16)15-8-10-24-25(15)17(26)12-5-2-3-7-14(12)19/h2-11H,1H3. The molecule has 2 heterocycles. The minimum atomic E-state index is -4.51. The van der Waals surface area contributed by atoms with E-state index < -0.39 is 22.9 Å². The molecule has 27 heavy (non-hydrogen) atoms. The van der Waals surface area contributed by atoms with Crippen molar-refractivity contribution in [3.8, 4) is 0 Å². The average Bonchev–Trinajstić information content (AvgIpc) is 3.11. The maximum atomic E-state index is 13.2. The van der Waals surface area contributed by atoms with Gasteiger partial charge in [-0.2, -0.15) is 23.0 Å². The summed E-state index contributed by atoms with van der Waals surface area (Å²) in [5.74, 6) is -0.454. The Hall–Kier alpha value is -2.32. The van der Waals surface area contributed by atoms with Crippen molar-refractivity contribution in [2.45, 2.75) is 23.4 Å². The Labute approximate surface area is 162 Å². The number of thioether (sulfide) groups is 1. The molecule has 0 spiro atoms. The van der Waals surface area contributed by atoms with E-state index in [1.165, 1.54) is 18.5 Å². The summed E-state index contributed by atoms with van der Waals surface area (Å²) in [5.41, 5.74) is -0.107. The van der Waals surface area contributed by atoms with E-state index in [0.717, 1.165) is 22.5 Å². The van der Waals surface area contributed by atoms with Crippen LogP contribution in [0.5, 0.6) is 0 Å². The molecule has 1 aromatic carbocycles. The molecule has 1 atom stereocenters. The van der Waals surface area contributed by atoms with Gasteiger partial charge in [-0.3, -0.25) is 4.79 Å². The molecular weight excluding hydrogens is 399 g/mol. The maximum absolute atomic E-state index is 13.2. The molecule has 0 aliphatic carbocycles. The maximum Gasteiger partial charge on any atom is 0.419 e. The van der Waals surface area contributed by atoms with Crippen LogP contribution in [0.1, 0.15) is 33.8 Å². The van der Waals surface area contributed by atoms with Crippen molar-refractivity contribution >= 4 is 29.3 Å². The topological polar surface area (TPSA) is 47.8 Å². The van der Waals surface area contributed by atoms with Crippen LogP contribution in [0.2, 0.25) is 5.02 Å². The Kier molecular flexibility index (Phi) is 5.57. The molecule has 9 heteroatoms. The van der Waals surface area contributed by atoms with E-state index in [2.05, 4.69) is 10.1 Å². The highest BCUT2D eigenvalue weighted by atomic mass is 35.5. The zero-order valence-corrected chi connectivity index (χ0v) is 15.5. The van der Waals surface area contributed by atoms with E-state index >= 15 is 0 Å². The van der Waals surface area contributed by atoms with Crippen LogP contribution in [0.25, 0.3) is 0 Å². The number of nitrogens with zero attached hydrogens (tertiary/aromatic N) is 3. The first kappa shape index (κ1) is 19.4. The van der Waals surface area contributed by atoms with Gasteiger partial charge >= 0.3 is 6.18 Å². The number of pyridine rings is 1. The minimum absolute atomic E-state index is 0.157. The number of halogens is 4. The van der Waals surface area contributed by atoms with E-state index in [1.807, 2.05) is 0 Å². The van der Waals surface area contributed by atoms with Crippen molar-refractivity contribution in [1.82, 2.24) is 14.8 Å². The van der Waals surface area contributed by atoms with Crippen LogP contribution in [-0.2, 0) is 6.18 Å². The van der Waals surface area contributed by atoms with Gasteiger partial charge in [0.05, 0.1) is 27.1 Å². The van der Waals surface area contributed by atoms with Gasteiger partial charge in [-0.05, 0) is 37.3 Å². The van der Waals surface area contributed by atoms with Gasteiger partial charge in [0.15, 0.2) is 0 Å². The first-order valence-electron chi connectivity index (χ1n) is 7.81. The molecule has 0 aliphatic rings. The molecule has 0 fully saturated rings. The number of aromatic nitrogens is 3. The third kappa shape index (κ3) is 4.17. The van der Waals surface area contributed by atoms with E-state index in [1.54, 1.807) is 37.3 Å². The van der Waals surface area contributed by atoms with Crippen molar-refractivity contribution in [2.75, 3.05) is 0 Å². The largest absolute Gasteiger partial charge is 0.419 e. The lowest BCUT2D eigenvalue weighted by molar-refractivity contribution is -0.140. The van der Waals surface area contributed by atoms with Crippen LogP contribution < -0.4 is 0 Å². The van der Waals surface area contributed by atoms with E-state index in [9.17, 15) is 18.0 Å². The molecule has 0 bridgehead atoms. The predicted octanol–water partition coefficient (Wildman–Crippen LogP) is 5.49. The second kappa shape index (κ2) is 7.74. The van der Waals surface area contributed by atoms with Crippen LogP contribution in [0, 0.1) is 0 Å². The van der Waals surface area contributed by atoms with Gasteiger partial charge in [-0.1, -0.05) is 35.5 Å². The molecule has 0 saturated carbocycles. The number of alkyl halides is 3.